The Morgan fingerprint density at radius 3 is 3.23 bits per heavy atom. The summed E-state index contributed by atoms with van der Waals surface area (Å²) in [6.07, 6.45) is 3.72. The number of piperidine rings is 1. The molecule has 13 heavy (non-hydrogen) atoms. The van der Waals surface area contributed by atoms with Crippen molar-refractivity contribution in [3.63, 3.8) is 0 Å². The highest BCUT2D eigenvalue weighted by atomic mass is 32.1. The summed E-state index contributed by atoms with van der Waals surface area (Å²) in [5, 5.41) is 15.2. The Labute approximate surface area is 82.0 Å². The second kappa shape index (κ2) is 4.17. The first-order chi connectivity index (χ1) is 6.38. The summed E-state index contributed by atoms with van der Waals surface area (Å²) < 4.78 is 4.00. The van der Waals surface area contributed by atoms with Crippen LogP contribution in [0.2, 0.25) is 0 Å². The van der Waals surface area contributed by atoms with Crippen molar-refractivity contribution in [2.45, 2.75) is 18.9 Å². The minimum Gasteiger partial charge on any atom is -0.388 e. The van der Waals surface area contributed by atoms with Gasteiger partial charge in [-0.25, -0.2) is 4.37 Å². The molecule has 4 heteroatoms. The van der Waals surface area contributed by atoms with E-state index in [1.54, 1.807) is 6.20 Å². The number of aliphatic hydroxyl groups is 1. The van der Waals surface area contributed by atoms with Crippen molar-refractivity contribution in [2.75, 3.05) is 13.1 Å². The van der Waals surface area contributed by atoms with Gasteiger partial charge in [0, 0.05) is 29.6 Å². The zero-order valence-corrected chi connectivity index (χ0v) is 8.26. The summed E-state index contributed by atoms with van der Waals surface area (Å²) in [6.45, 7) is 2.02. The number of nitrogens with zero attached hydrogens (tertiary/aromatic N) is 1. The molecule has 0 radical (unpaired) electrons. The highest BCUT2D eigenvalue weighted by Crippen LogP contribution is 2.27. The van der Waals surface area contributed by atoms with Gasteiger partial charge in [-0.15, -0.1) is 0 Å². The van der Waals surface area contributed by atoms with Crippen LogP contribution < -0.4 is 5.32 Å². The van der Waals surface area contributed by atoms with Crippen molar-refractivity contribution in [1.29, 1.82) is 0 Å². The van der Waals surface area contributed by atoms with Gasteiger partial charge in [-0.05, 0) is 30.9 Å². The third kappa shape index (κ3) is 2.07. The molecule has 0 aliphatic carbocycles. The van der Waals surface area contributed by atoms with Gasteiger partial charge < -0.3 is 10.4 Å². The molecule has 1 saturated heterocycles. The Balaban J connectivity index is 1.99. The largest absolute Gasteiger partial charge is 0.388 e. The highest BCUT2D eigenvalue weighted by molar-refractivity contribution is 7.03. The second-order valence-corrected chi connectivity index (χ2v) is 4.17. The predicted molar refractivity (Wildman–Crippen MR) is 52.7 cm³/mol. The highest BCUT2D eigenvalue weighted by Gasteiger charge is 2.23. The molecular weight excluding hydrogens is 184 g/mol. The SMILES string of the molecule is OC(c1cnsc1)C1CCCNC1. The van der Waals surface area contributed by atoms with E-state index in [0.29, 0.717) is 5.92 Å². The van der Waals surface area contributed by atoms with Crippen molar-refractivity contribution in [3.8, 4) is 0 Å². The standard InChI is InChI=1S/C9H14N2OS/c12-9(8-5-11-13-6-8)7-2-1-3-10-4-7/h5-7,9-10,12H,1-4H2. The van der Waals surface area contributed by atoms with Crippen LogP contribution in [0, 0.1) is 5.92 Å². The molecule has 1 aromatic heterocycles. The molecule has 0 amide bonds. The minimum atomic E-state index is -0.327. The molecule has 2 atom stereocenters. The molecule has 0 saturated carbocycles. The van der Waals surface area contributed by atoms with Crippen LogP contribution >= 0.6 is 11.5 Å². The molecular formula is C9H14N2OS. The maximum absolute atomic E-state index is 9.96. The van der Waals surface area contributed by atoms with E-state index in [2.05, 4.69) is 9.69 Å². The zero-order valence-electron chi connectivity index (χ0n) is 7.44. The summed E-state index contributed by atoms with van der Waals surface area (Å²) in [4.78, 5) is 0. The summed E-state index contributed by atoms with van der Waals surface area (Å²) in [5.41, 5.74) is 0.971. The maximum Gasteiger partial charge on any atom is 0.0853 e. The maximum atomic E-state index is 9.96. The Kier molecular flexibility index (Phi) is 2.93. The van der Waals surface area contributed by atoms with Gasteiger partial charge in [0.15, 0.2) is 0 Å². The molecule has 0 spiro atoms. The lowest BCUT2D eigenvalue weighted by molar-refractivity contribution is 0.0924. The van der Waals surface area contributed by atoms with Crippen LogP contribution in [-0.2, 0) is 0 Å². The van der Waals surface area contributed by atoms with Crippen molar-refractivity contribution in [1.82, 2.24) is 9.69 Å². The number of aromatic nitrogens is 1. The molecule has 0 aromatic carbocycles. The Bertz CT molecular complexity index is 244. The Hall–Kier alpha value is -0.450. The molecule has 72 valence electrons. The molecule has 1 aliphatic heterocycles. The van der Waals surface area contributed by atoms with Gasteiger partial charge in [0.25, 0.3) is 0 Å². The zero-order chi connectivity index (χ0) is 9.10. The minimum absolute atomic E-state index is 0.327. The van der Waals surface area contributed by atoms with Crippen LogP contribution in [0.1, 0.15) is 24.5 Å². The third-order valence-electron chi connectivity index (χ3n) is 2.57. The normalized spacial score (nSPS) is 25.8. The molecule has 2 heterocycles. The first kappa shape index (κ1) is 9.12. The summed E-state index contributed by atoms with van der Waals surface area (Å²) in [7, 11) is 0. The first-order valence-electron chi connectivity index (χ1n) is 4.66. The number of hydrogen-bond acceptors (Lipinski definition) is 4. The lowest BCUT2D eigenvalue weighted by Crippen LogP contribution is -2.33. The lowest BCUT2D eigenvalue weighted by atomic mass is 9.91. The molecule has 1 aromatic rings. The fraction of sp³-hybridized carbons (Fsp3) is 0.667. The van der Waals surface area contributed by atoms with E-state index in [-0.39, 0.29) is 6.10 Å². The van der Waals surface area contributed by atoms with Gasteiger partial charge >= 0.3 is 0 Å². The van der Waals surface area contributed by atoms with Gasteiger partial charge in [0.2, 0.25) is 0 Å². The number of hydrogen-bond donors (Lipinski definition) is 2. The summed E-state index contributed by atoms with van der Waals surface area (Å²) in [6, 6.07) is 0. The van der Waals surface area contributed by atoms with Crippen molar-refractivity contribution < 1.29 is 5.11 Å². The smallest absolute Gasteiger partial charge is 0.0853 e. The van der Waals surface area contributed by atoms with E-state index >= 15 is 0 Å². The van der Waals surface area contributed by atoms with E-state index in [1.165, 1.54) is 18.0 Å². The molecule has 3 nitrogen and oxygen atoms in total. The number of nitrogens with one attached hydrogen (secondary N) is 1. The Morgan fingerprint density at radius 2 is 2.62 bits per heavy atom. The van der Waals surface area contributed by atoms with Crippen LogP contribution in [0.25, 0.3) is 0 Å². The third-order valence-corrected chi connectivity index (χ3v) is 3.18. The van der Waals surface area contributed by atoms with E-state index in [9.17, 15) is 5.11 Å². The summed E-state index contributed by atoms with van der Waals surface area (Å²) in [5.74, 6) is 0.366. The Morgan fingerprint density at radius 1 is 1.69 bits per heavy atom. The van der Waals surface area contributed by atoms with Gasteiger partial charge in [-0.3, -0.25) is 0 Å². The van der Waals surface area contributed by atoms with Crippen molar-refractivity contribution in [3.05, 3.63) is 17.1 Å². The summed E-state index contributed by atoms with van der Waals surface area (Å²) >= 11 is 1.40. The molecule has 2 rings (SSSR count). The van der Waals surface area contributed by atoms with Gasteiger partial charge in [0.1, 0.15) is 0 Å². The van der Waals surface area contributed by atoms with Crippen LogP contribution in [0.15, 0.2) is 11.6 Å². The number of rotatable bonds is 2. The molecule has 1 fully saturated rings. The first-order valence-corrected chi connectivity index (χ1v) is 5.49. The van der Waals surface area contributed by atoms with Gasteiger partial charge in [0.05, 0.1) is 6.10 Å². The van der Waals surface area contributed by atoms with Crippen LogP contribution in [0.4, 0.5) is 0 Å². The number of aliphatic hydroxyl groups excluding tert-OH is 1. The second-order valence-electron chi connectivity index (χ2n) is 3.51. The van der Waals surface area contributed by atoms with Crippen LogP contribution in [0.5, 0.6) is 0 Å². The van der Waals surface area contributed by atoms with Gasteiger partial charge in [-0.1, -0.05) is 0 Å². The molecule has 2 N–H and O–H groups in total. The van der Waals surface area contributed by atoms with Crippen molar-refractivity contribution in [2.24, 2.45) is 5.92 Å². The predicted octanol–water partition coefficient (Wildman–Crippen LogP) is 1.18. The lowest BCUT2D eigenvalue weighted by Gasteiger charge is -2.26. The quantitative estimate of drug-likeness (QED) is 0.750. The topological polar surface area (TPSA) is 45.2 Å². The molecule has 0 bridgehead atoms. The van der Waals surface area contributed by atoms with Crippen LogP contribution in [0.3, 0.4) is 0 Å². The fourth-order valence-corrected chi connectivity index (χ4v) is 2.34. The van der Waals surface area contributed by atoms with E-state index in [1.807, 2.05) is 5.38 Å². The van der Waals surface area contributed by atoms with Crippen molar-refractivity contribution >= 4 is 11.5 Å². The van der Waals surface area contributed by atoms with E-state index in [0.717, 1.165) is 25.1 Å². The monoisotopic (exact) mass is 198 g/mol. The molecule has 2 unspecified atom stereocenters. The van der Waals surface area contributed by atoms with E-state index < -0.39 is 0 Å². The molecule has 1 aliphatic rings. The van der Waals surface area contributed by atoms with E-state index in [4.69, 9.17) is 0 Å². The fourth-order valence-electron chi connectivity index (χ4n) is 1.78. The average molecular weight is 198 g/mol. The van der Waals surface area contributed by atoms with Gasteiger partial charge in [-0.2, -0.15) is 0 Å². The average Bonchev–Trinajstić information content (AvgIpc) is 2.71. The van der Waals surface area contributed by atoms with Crippen LogP contribution in [-0.4, -0.2) is 22.6 Å².